The van der Waals surface area contributed by atoms with Crippen LogP contribution in [0.4, 0.5) is 0 Å². The Hall–Kier alpha value is -2.40. The third kappa shape index (κ3) is 8.95. The Bertz CT molecular complexity index is 661. The first-order chi connectivity index (χ1) is 14.6. The highest BCUT2D eigenvalue weighted by molar-refractivity contribution is 5.94. The van der Waals surface area contributed by atoms with Crippen LogP contribution in [0.1, 0.15) is 10.4 Å². The first-order valence-corrected chi connectivity index (χ1v) is 10.4. The summed E-state index contributed by atoms with van der Waals surface area (Å²) in [5, 5.41) is 25.3. The molecule has 1 aliphatic rings. The molecular formula is C20H34N6O4. The van der Waals surface area contributed by atoms with E-state index < -0.39 is 0 Å². The summed E-state index contributed by atoms with van der Waals surface area (Å²) in [4.78, 5) is 26.6. The van der Waals surface area contributed by atoms with Crippen molar-refractivity contribution in [2.24, 2.45) is 0 Å². The molecule has 1 saturated heterocycles. The van der Waals surface area contributed by atoms with Gasteiger partial charge in [-0.15, -0.1) is 0 Å². The van der Waals surface area contributed by atoms with E-state index in [0.29, 0.717) is 25.2 Å². The van der Waals surface area contributed by atoms with Crippen LogP contribution < -0.4 is 31.3 Å². The summed E-state index contributed by atoms with van der Waals surface area (Å²) in [6.07, 6.45) is 0. The third-order valence-corrected chi connectivity index (χ3v) is 4.71. The van der Waals surface area contributed by atoms with Crippen molar-refractivity contribution < 1.29 is 19.4 Å². The fourth-order valence-corrected chi connectivity index (χ4v) is 3.03. The molecule has 1 fully saturated rings. The molecule has 1 aromatic rings. The van der Waals surface area contributed by atoms with E-state index in [0.717, 1.165) is 52.4 Å². The Labute approximate surface area is 177 Å². The third-order valence-electron chi connectivity index (χ3n) is 4.71. The lowest BCUT2D eigenvalue weighted by atomic mass is 10.2. The smallest absolute Gasteiger partial charge is 0.251 e. The number of amides is 2. The highest BCUT2D eigenvalue weighted by Gasteiger charge is 2.12. The van der Waals surface area contributed by atoms with Gasteiger partial charge in [-0.2, -0.15) is 0 Å². The molecule has 0 aromatic heterocycles. The zero-order chi connectivity index (χ0) is 21.6. The van der Waals surface area contributed by atoms with Crippen molar-refractivity contribution in [2.75, 3.05) is 79.1 Å². The maximum absolute atomic E-state index is 12.3. The second-order valence-corrected chi connectivity index (χ2v) is 7.02. The average Bonchev–Trinajstić information content (AvgIpc) is 2.73. The highest BCUT2D eigenvalue weighted by atomic mass is 16.5. The summed E-state index contributed by atoms with van der Waals surface area (Å²) in [6.45, 7) is 7.94. The standard InChI is InChI=1S/C20H34N6O4/c1-30-18-14-16(2-3-17(18)27)20(29)25-9-8-24-19(28)15-26-12-10-22-6-4-21-5-7-23-11-13-26/h2-3,14,21-23,27H,4-13,15H2,1H3,(H,24,28)(H,25,29). The number of hydrogen-bond donors (Lipinski definition) is 6. The molecule has 10 nitrogen and oxygen atoms in total. The molecule has 0 atom stereocenters. The van der Waals surface area contributed by atoms with Gasteiger partial charge < -0.3 is 36.4 Å². The molecule has 168 valence electrons. The highest BCUT2D eigenvalue weighted by Crippen LogP contribution is 2.26. The van der Waals surface area contributed by atoms with Gasteiger partial charge in [0.1, 0.15) is 0 Å². The largest absolute Gasteiger partial charge is 0.504 e. The minimum atomic E-state index is -0.294. The maximum atomic E-state index is 12.3. The molecule has 1 aromatic carbocycles. The zero-order valence-electron chi connectivity index (χ0n) is 17.6. The molecule has 0 radical (unpaired) electrons. The number of carbonyl (C=O) groups is 2. The van der Waals surface area contributed by atoms with Crippen molar-refractivity contribution in [3.8, 4) is 11.5 Å². The van der Waals surface area contributed by atoms with E-state index in [-0.39, 0.29) is 23.3 Å². The predicted octanol–water partition coefficient (Wildman–Crippen LogP) is -1.67. The fraction of sp³-hybridized carbons (Fsp3) is 0.600. The van der Waals surface area contributed by atoms with Crippen LogP contribution in [0, 0.1) is 0 Å². The normalized spacial score (nSPS) is 16.7. The van der Waals surface area contributed by atoms with Gasteiger partial charge in [0.05, 0.1) is 13.7 Å². The second-order valence-electron chi connectivity index (χ2n) is 7.02. The molecule has 0 spiro atoms. The van der Waals surface area contributed by atoms with Crippen LogP contribution in [0.25, 0.3) is 0 Å². The number of hydrogen-bond acceptors (Lipinski definition) is 8. The summed E-state index contributed by atoms with van der Waals surface area (Å²) in [6, 6.07) is 4.40. The Morgan fingerprint density at radius 3 is 2.23 bits per heavy atom. The molecule has 1 heterocycles. The maximum Gasteiger partial charge on any atom is 0.251 e. The lowest BCUT2D eigenvalue weighted by Gasteiger charge is -2.23. The number of carbonyl (C=O) groups excluding carboxylic acids is 2. The molecule has 0 saturated carbocycles. The van der Waals surface area contributed by atoms with Gasteiger partial charge in [0, 0.05) is 71.0 Å². The molecule has 10 heteroatoms. The van der Waals surface area contributed by atoms with Crippen molar-refractivity contribution in [2.45, 2.75) is 0 Å². The average molecular weight is 423 g/mol. The van der Waals surface area contributed by atoms with E-state index in [1.165, 1.54) is 25.3 Å². The minimum absolute atomic E-state index is 0.0231. The predicted molar refractivity (Wildman–Crippen MR) is 115 cm³/mol. The molecule has 0 bridgehead atoms. The van der Waals surface area contributed by atoms with Gasteiger partial charge in [-0.1, -0.05) is 0 Å². The van der Waals surface area contributed by atoms with E-state index in [1.807, 2.05) is 0 Å². The quantitative estimate of drug-likeness (QED) is 0.288. The Morgan fingerprint density at radius 1 is 1.00 bits per heavy atom. The number of nitrogens with one attached hydrogen (secondary N) is 5. The van der Waals surface area contributed by atoms with Gasteiger partial charge in [-0.3, -0.25) is 14.5 Å². The van der Waals surface area contributed by atoms with Gasteiger partial charge in [-0.25, -0.2) is 0 Å². The number of phenolic OH excluding ortho intramolecular Hbond substituents is 1. The van der Waals surface area contributed by atoms with Crippen LogP contribution >= 0.6 is 0 Å². The lowest BCUT2D eigenvalue weighted by Crippen LogP contribution is -2.46. The van der Waals surface area contributed by atoms with E-state index >= 15 is 0 Å². The second kappa shape index (κ2) is 13.8. The zero-order valence-corrected chi connectivity index (χ0v) is 17.6. The van der Waals surface area contributed by atoms with E-state index in [1.54, 1.807) is 0 Å². The summed E-state index contributed by atoms with van der Waals surface area (Å²) < 4.78 is 5.01. The van der Waals surface area contributed by atoms with Crippen LogP contribution in [-0.4, -0.2) is 101 Å². The first kappa shape index (κ1) is 23.9. The Kier molecular flexibility index (Phi) is 10.9. The number of ether oxygens (including phenoxy) is 1. The van der Waals surface area contributed by atoms with E-state index in [2.05, 4.69) is 31.5 Å². The molecule has 6 N–H and O–H groups in total. The molecule has 2 rings (SSSR count). The van der Waals surface area contributed by atoms with Gasteiger partial charge in [0.15, 0.2) is 11.5 Å². The van der Waals surface area contributed by atoms with E-state index in [9.17, 15) is 14.7 Å². The van der Waals surface area contributed by atoms with Crippen molar-refractivity contribution in [1.29, 1.82) is 0 Å². The number of phenols is 1. The van der Waals surface area contributed by atoms with Crippen molar-refractivity contribution in [3.63, 3.8) is 0 Å². The van der Waals surface area contributed by atoms with Crippen LogP contribution in [0.3, 0.4) is 0 Å². The summed E-state index contributed by atoms with van der Waals surface area (Å²) in [5.74, 6) is -0.144. The SMILES string of the molecule is COc1cc(C(=O)NCCNC(=O)CN2CCNCCNCCNCC2)ccc1O. The minimum Gasteiger partial charge on any atom is -0.504 e. The number of methoxy groups -OCH3 is 1. The molecule has 0 aliphatic carbocycles. The summed E-state index contributed by atoms with van der Waals surface area (Å²) >= 11 is 0. The van der Waals surface area contributed by atoms with Gasteiger partial charge in [0.25, 0.3) is 5.91 Å². The molecule has 30 heavy (non-hydrogen) atoms. The summed E-state index contributed by atoms with van der Waals surface area (Å²) in [7, 11) is 1.42. The topological polar surface area (TPSA) is 127 Å². The van der Waals surface area contributed by atoms with Gasteiger partial charge in [0.2, 0.25) is 5.91 Å². The van der Waals surface area contributed by atoms with E-state index in [4.69, 9.17) is 4.74 Å². The molecule has 1 aliphatic heterocycles. The first-order valence-electron chi connectivity index (χ1n) is 10.4. The van der Waals surface area contributed by atoms with Crippen LogP contribution in [0.5, 0.6) is 11.5 Å². The monoisotopic (exact) mass is 422 g/mol. The lowest BCUT2D eigenvalue weighted by molar-refractivity contribution is -0.122. The number of rotatable bonds is 7. The number of nitrogens with zero attached hydrogens (tertiary/aromatic N) is 1. The number of aromatic hydroxyl groups is 1. The Balaban J connectivity index is 1.68. The Morgan fingerprint density at radius 2 is 1.60 bits per heavy atom. The molecule has 0 unspecified atom stereocenters. The molecular weight excluding hydrogens is 388 g/mol. The van der Waals surface area contributed by atoms with Gasteiger partial charge >= 0.3 is 0 Å². The molecule has 2 amide bonds. The fourth-order valence-electron chi connectivity index (χ4n) is 3.03. The number of benzene rings is 1. The van der Waals surface area contributed by atoms with Crippen molar-refractivity contribution in [1.82, 2.24) is 31.5 Å². The van der Waals surface area contributed by atoms with Crippen molar-refractivity contribution >= 4 is 11.8 Å². The van der Waals surface area contributed by atoms with Crippen molar-refractivity contribution in [3.05, 3.63) is 23.8 Å². The summed E-state index contributed by atoms with van der Waals surface area (Å²) in [5.41, 5.74) is 0.380. The van der Waals surface area contributed by atoms with Crippen LogP contribution in [-0.2, 0) is 4.79 Å². The van der Waals surface area contributed by atoms with Crippen LogP contribution in [0.2, 0.25) is 0 Å². The van der Waals surface area contributed by atoms with Gasteiger partial charge in [-0.05, 0) is 18.2 Å². The van der Waals surface area contributed by atoms with Crippen LogP contribution in [0.15, 0.2) is 18.2 Å².